The quantitative estimate of drug-likeness (QED) is 0.716. The summed E-state index contributed by atoms with van der Waals surface area (Å²) in [5, 5.41) is 0. The van der Waals surface area contributed by atoms with Crippen LogP contribution < -0.4 is 0 Å². The second-order valence-corrected chi connectivity index (χ2v) is 7.60. The minimum atomic E-state index is -2.06. The fourth-order valence-corrected chi connectivity index (χ4v) is 4.57. The van der Waals surface area contributed by atoms with E-state index in [9.17, 15) is 9.36 Å². The number of likely N-dealkylation sites (N-methyl/N-ethyl adjacent to an activating group) is 1. The Morgan fingerprint density at radius 1 is 1.26 bits per heavy atom. The average molecular weight is 337 g/mol. The van der Waals surface area contributed by atoms with Crippen LogP contribution in [0.2, 0.25) is 0 Å². The molecule has 0 aliphatic carbocycles. The van der Waals surface area contributed by atoms with Crippen molar-refractivity contribution in [1.29, 1.82) is 0 Å². The third kappa shape index (κ3) is 4.04. The van der Waals surface area contributed by atoms with E-state index in [1.165, 1.54) is 0 Å². The van der Waals surface area contributed by atoms with E-state index < -0.39 is 13.5 Å². The molecule has 1 aliphatic heterocycles. The highest BCUT2D eigenvalue weighted by atomic mass is 31.1. The molecule has 1 aliphatic rings. The van der Waals surface area contributed by atoms with Gasteiger partial charge in [0, 0.05) is 6.42 Å². The normalized spacial score (nSPS) is 19.4. The third-order valence-electron chi connectivity index (χ3n) is 4.60. The van der Waals surface area contributed by atoms with E-state index in [1.807, 2.05) is 56.3 Å². The maximum absolute atomic E-state index is 13.1. The fourth-order valence-electron chi connectivity index (χ4n) is 2.99. The van der Waals surface area contributed by atoms with Gasteiger partial charge in [0.2, 0.25) is 0 Å². The van der Waals surface area contributed by atoms with Crippen molar-refractivity contribution in [3.63, 3.8) is 0 Å². The zero-order valence-electron chi connectivity index (χ0n) is 14.2. The monoisotopic (exact) mass is 337 g/mol. The highest BCUT2D eigenvalue weighted by molar-refractivity contribution is 7.61. The van der Waals surface area contributed by atoms with Crippen LogP contribution in [0.25, 0.3) is 0 Å². The number of rotatable bonds is 7. The SMILES string of the molecule is CCC(Cc1ccccc1)(C(=O)[P+](=O)N1CCOCC1)N(C)C. The molecule has 0 bridgehead atoms. The van der Waals surface area contributed by atoms with Gasteiger partial charge in [0.1, 0.15) is 5.54 Å². The Morgan fingerprint density at radius 2 is 1.87 bits per heavy atom. The lowest BCUT2D eigenvalue weighted by Crippen LogP contribution is -2.52. The van der Waals surface area contributed by atoms with Crippen LogP contribution in [-0.4, -0.2) is 61.0 Å². The van der Waals surface area contributed by atoms with Gasteiger partial charge in [0.15, 0.2) is 0 Å². The molecule has 1 heterocycles. The summed E-state index contributed by atoms with van der Waals surface area (Å²) in [6.45, 7) is 4.17. The summed E-state index contributed by atoms with van der Waals surface area (Å²) in [7, 11) is 1.73. The van der Waals surface area contributed by atoms with Crippen molar-refractivity contribution in [2.24, 2.45) is 0 Å². The summed E-state index contributed by atoms with van der Waals surface area (Å²) in [6, 6.07) is 9.94. The average Bonchev–Trinajstić information content (AvgIpc) is 2.60. The molecule has 0 saturated carbocycles. The van der Waals surface area contributed by atoms with Gasteiger partial charge >= 0.3 is 13.5 Å². The lowest BCUT2D eigenvalue weighted by Gasteiger charge is -2.34. The van der Waals surface area contributed by atoms with Gasteiger partial charge in [-0.2, -0.15) is 0 Å². The number of carbonyl (C=O) groups is 1. The number of hydrogen-bond acceptors (Lipinski definition) is 4. The Kier molecular flexibility index (Phi) is 6.42. The molecule has 1 aromatic carbocycles. The first-order valence-electron chi connectivity index (χ1n) is 8.07. The molecule has 2 unspecified atom stereocenters. The minimum absolute atomic E-state index is 0.175. The Morgan fingerprint density at radius 3 is 2.39 bits per heavy atom. The maximum Gasteiger partial charge on any atom is 0.515 e. The first-order valence-corrected chi connectivity index (χ1v) is 9.28. The van der Waals surface area contributed by atoms with Gasteiger partial charge in [-0.15, -0.1) is 0 Å². The summed E-state index contributed by atoms with van der Waals surface area (Å²) >= 11 is 0. The molecule has 0 amide bonds. The van der Waals surface area contributed by atoms with Gasteiger partial charge in [-0.25, -0.2) is 4.79 Å². The largest absolute Gasteiger partial charge is 0.515 e. The van der Waals surface area contributed by atoms with E-state index in [-0.39, 0.29) is 5.52 Å². The zero-order valence-corrected chi connectivity index (χ0v) is 15.1. The first kappa shape index (κ1) is 18.2. The summed E-state index contributed by atoms with van der Waals surface area (Å²) < 4.78 is 19.9. The van der Waals surface area contributed by atoms with Crippen LogP contribution in [0.3, 0.4) is 0 Å². The number of hydrogen-bond donors (Lipinski definition) is 0. The van der Waals surface area contributed by atoms with Gasteiger partial charge in [-0.1, -0.05) is 41.9 Å². The Hall–Kier alpha value is -1.13. The van der Waals surface area contributed by atoms with Crippen LogP contribution in [0.1, 0.15) is 18.9 Å². The third-order valence-corrected chi connectivity index (χ3v) is 6.27. The molecule has 2 atom stereocenters. The van der Waals surface area contributed by atoms with Gasteiger partial charge in [0.25, 0.3) is 0 Å². The zero-order chi connectivity index (χ0) is 16.9. The van der Waals surface area contributed by atoms with Gasteiger partial charge in [-0.3, -0.25) is 4.90 Å². The fraction of sp³-hybridized carbons (Fsp3) is 0.588. The number of carbonyl (C=O) groups excluding carboxylic acids is 1. The van der Waals surface area contributed by atoms with Crippen molar-refractivity contribution in [3.05, 3.63) is 35.9 Å². The summed E-state index contributed by atoms with van der Waals surface area (Å²) in [6.07, 6.45) is 1.20. The van der Waals surface area contributed by atoms with Gasteiger partial charge in [-0.05, 0) is 30.6 Å². The molecule has 0 spiro atoms. The second kappa shape index (κ2) is 8.11. The van der Waals surface area contributed by atoms with E-state index in [1.54, 1.807) is 4.67 Å². The van der Waals surface area contributed by atoms with Crippen LogP contribution in [0.5, 0.6) is 0 Å². The molecule has 0 radical (unpaired) electrons. The van der Waals surface area contributed by atoms with Crippen molar-refractivity contribution in [3.8, 4) is 0 Å². The standard InChI is InChI=1S/C17H26N2O3P/c1-4-17(18(2)3,14-15-8-6-5-7-9-15)16(20)23(21)19-10-12-22-13-11-19/h5-9H,4,10-14H2,1-3H3/q+1. The lowest BCUT2D eigenvalue weighted by atomic mass is 9.88. The molecular weight excluding hydrogens is 311 g/mol. The summed E-state index contributed by atoms with van der Waals surface area (Å²) in [5.74, 6) is 0. The van der Waals surface area contributed by atoms with Gasteiger partial charge < -0.3 is 4.74 Å². The Bertz CT molecular complexity index is 544. The molecule has 5 nitrogen and oxygen atoms in total. The van der Waals surface area contributed by atoms with Crippen LogP contribution in [0.4, 0.5) is 0 Å². The summed E-state index contributed by atoms with van der Waals surface area (Å²) in [5.41, 5.74) is 0.167. The van der Waals surface area contributed by atoms with E-state index in [0.29, 0.717) is 39.1 Å². The number of nitrogens with zero attached hydrogens (tertiary/aromatic N) is 2. The minimum Gasteiger partial charge on any atom is -0.378 e. The number of morpholine rings is 1. The maximum atomic E-state index is 13.1. The van der Waals surface area contributed by atoms with Crippen LogP contribution in [0, 0.1) is 0 Å². The Labute approximate surface area is 139 Å². The molecule has 1 fully saturated rings. The number of ether oxygens (including phenoxy) is 1. The molecule has 126 valence electrons. The molecule has 1 aromatic rings. The Balaban J connectivity index is 2.25. The second-order valence-electron chi connectivity index (χ2n) is 6.09. The van der Waals surface area contributed by atoms with Crippen LogP contribution in [0.15, 0.2) is 30.3 Å². The van der Waals surface area contributed by atoms with Crippen molar-refractivity contribution in [2.75, 3.05) is 40.4 Å². The van der Waals surface area contributed by atoms with Crippen LogP contribution >= 0.6 is 7.95 Å². The van der Waals surface area contributed by atoms with E-state index in [0.717, 1.165) is 5.56 Å². The molecule has 1 saturated heterocycles. The predicted octanol–water partition coefficient (Wildman–Crippen LogP) is 2.54. The van der Waals surface area contributed by atoms with E-state index in [4.69, 9.17) is 4.74 Å². The molecule has 2 rings (SSSR count). The van der Waals surface area contributed by atoms with Crippen LogP contribution in [-0.2, 0) is 20.5 Å². The highest BCUT2D eigenvalue weighted by Crippen LogP contribution is 2.39. The molecule has 0 aromatic heterocycles. The first-order chi connectivity index (χ1) is 11.0. The van der Waals surface area contributed by atoms with Crippen molar-refractivity contribution < 1.29 is 14.1 Å². The lowest BCUT2D eigenvalue weighted by molar-refractivity contribution is -0.122. The smallest absolute Gasteiger partial charge is 0.378 e. The van der Waals surface area contributed by atoms with Gasteiger partial charge in [0.05, 0.1) is 26.3 Å². The number of benzene rings is 1. The van der Waals surface area contributed by atoms with Crippen molar-refractivity contribution in [2.45, 2.75) is 25.3 Å². The van der Waals surface area contributed by atoms with E-state index in [2.05, 4.69) is 0 Å². The predicted molar refractivity (Wildman–Crippen MR) is 91.9 cm³/mol. The van der Waals surface area contributed by atoms with Crippen molar-refractivity contribution >= 4 is 13.5 Å². The molecule has 0 N–H and O–H groups in total. The molecule has 23 heavy (non-hydrogen) atoms. The summed E-state index contributed by atoms with van der Waals surface area (Å²) in [4.78, 5) is 15.1. The van der Waals surface area contributed by atoms with Crippen molar-refractivity contribution in [1.82, 2.24) is 9.57 Å². The molecule has 6 heteroatoms. The van der Waals surface area contributed by atoms with E-state index >= 15 is 0 Å². The molecular formula is C17H26N2O3P+. The highest BCUT2D eigenvalue weighted by Gasteiger charge is 2.53. The topological polar surface area (TPSA) is 49.9 Å².